The summed E-state index contributed by atoms with van der Waals surface area (Å²) in [7, 11) is 1.76. The second-order valence-corrected chi connectivity index (χ2v) is 15.7. The average Bonchev–Trinajstić information content (AvgIpc) is 3.79. The smallest absolute Gasteiger partial charge is 0.367 e. The molecular formula is C40H42F3N9O4. The molecule has 13 nitrogen and oxygen atoms in total. The molecule has 2 N–H and O–H groups in total. The van der Waals surface area contributed by atoms with E-state index in [1.165, 1.54) is 12.1 Å². The molecule has 3 amide bonds. The van der Waals surface area contributed by atoms with E-state index >= 15 is 0 Å². The second-order valence-electron chi connectivity index (χ2n) is 15.7. The summed E-state index contributed by atoms with van der Waals surface area (Å²) in [5.41, 5.74) is 2.06. The number of benzene rings is 2. The first-order valence-electron chi connectivity index (χ1n) is 19.3. The Hall–Kier alpha value is -5.51. The zero-order chi connectivity index (χ0) is 38.9. The lowest BCUT2D eigenvalue weighted by Crippen LogP contribution is -2.55. The van der Waals surface area contributed by atoms with Crippen molar-refractivity contribution in [2.45, 2.75) is 81.7 Å². The fraction of sp³-hybridized carbons (Fsp3) is 0.450. The Morgan fingerprint density at radius 2 is 1.64 bits per heavy atom. The quantitative estimate of drug-likeness (QED) is 0.210. The number of nitrogens with one attached hydrogen (secondary N) is 2. The third-order valence-corrected chi connectivity index (χ3v) is 12.3. The molecular weight excluding hydrogens is 727 g/mol. The van der Waals surface area contributed by atoms with Crippen LogP contribution >= 0.6 is 0 Å². The number of carbonyl (C=O) groups excluding carboxylic acids is 3. The highest BCUT2D eigenvalue weighted by Crippen LogP contribution is 2.40. The molecule has 0 radical (unpaired) electrons. The predicted octanol–water partition coefficient (Wildman–Crippen LogP) is 5.42. The van der Waals surface area contributed by atoms with Crippen molar-refractivity contribution in [3.05, 3.63) is 82.7 Å². The lowest BCUT2D eigenvalue weighted by atomic mass is 9.85. The topological polar surface area (TPSA) is 139 Å². The van der Waals surface area contributed by atoms with Crippen LogP contribution in [0.4, 0.5) is 24.5 Å². The molecule has 3 atom stereocenters. The summed E-state index contributed by atoms with van der Waals surface area (Å²) in [6, 6.07) is 14.8. The number of halogens is 3. The summed E-state index contributed by atoms with van der Waals surface area (Å²) in [6.45, 7) is 2.78. The Labute approximate surface area is 319 Å². The molecule has 292 valence electrons. The van der Waals surface area contributed by atoms with Gasteiger partial charge in [0.15, 0.2) is 0 Å². The van der Waals surface area contributed by atoms with Crippen LogP contribution in [-0.4, -0.2) is 78.2 Å². The van der Waals surface area contributed by atoms with Crippen molar-refractivity contribution in [1.82, 2.24) is 34.1 Å². The van der Waals surface area contributed by atoms with E-state index in [1.54, 1.807) is 34.4 Å². The van der Waals surface area contributed by atoms with Crippen LogP contribution in [0.5, 0.6) is 0 Å². The van der Waals surface area contributed by atoms with Crippen molar-refractivity contribution in [3.8, 4) is 0 Å². The normalized spacial score (nSPS) is 24.6. The predicted molar refractivity (Wildman–Crippen MR) is 202 cm³/mol. The number of rotatable bonds is 7. The van der Waals surface area contributed by atoms with Gasteiger partial charge in [0.05, 0.1) is 28.3 Å². The Morgan fingerprint density at radius 1 is 0.911 bits per heavy atom. The molecule has 3 aliphatic heterocycles. The molecule has 4 fully saturated rings. The number of piperazine rings is 1. The molecule has 3 unspecified atom stereocenters. The van der Waals surface area contributed by atoms with Gasteiger partial charge in [-0.05, 0) is 93.3 Å². The van der Waals surface area contributed by atoms with Gasteiger partial charge in [0.1, 0.15) is 17.4 Å². The number of nitrogens with zero attached hydrogens (tertiary/aromatic N) is 7. The van der Waals surface area contributed by atoms with Gasteiger partial charge in [-0.1, -0.05) is 12.1 Å². The third-order valence-electron chi connectivity index (χ3n) is 12.3. The van der Waals surface area contributed by atoms with Crippen LogP contribution < -0.4 is 21.2 Å². The number of alkyl halides is 3. The minimum Gasteiger partial charge on any atom is -0.367 e. The van der Waals surface area contributed by atoms with Gasteiger partial charge in [0, 0.05) is 62.5 Å². The number of amides is 3. The number of pyridine rings is 1. The first-order valence-corrected chi connectivity index (χ1v) is 19.3. The van der Waals surface area contributed by atoms with Crippen molar-refractivity contribution < 1.29 is 27.6 Å². The lowest BCUT2D eigenvalue weighted by Gasteiger charge is -2.44. The summed E-state index contributed by atoms with van der Waals surface area (Å²) in [4.78, 5) is 59.4. The molecule has 56 heavy (non-hydrogen) atoms. The number of anilines is 2. The zero-order valence-corrected chi connectivity index (χ0v) is 30.8. The molecule has 3 aromatic heterocycles. The van der Waals surface area contributed by atoms with Crippen LogP contribution in [0.15, 0.2) is 65.6 Å². The van der Waals surface area contributed by atoms with Gasteiger partial charge < -0.3 is 10.2 Å². The first-order chi connectivity index (χ1) is 26.9. The van der Waals surface area contributed by atoms with Crippen molar-refractivity contribution >= 4 is 51.0 Å². The van der Waals surface area contributed by atoms with Crippen molar-refractivity contribution in [2.75, 3.05) is 29.9 Å². The fourth-order valence-electron chi connectivity index (χ4n) is 9.50. The molecule has 2 aromatic carbocycles. The van der Waals surface area contributed by atoms with Gasteiger partial charge in [-0.3, -0.25) is 38.4 Å². The first kappa shape index (κ1) is 36.1. The number of hydrogen-bond acceptors (Lipinski definition) is 8. The Morgan fingerprint density at radius 3 is 2.38 bits per heavy atom. The van der Waals surface area contributed by atoms with E-state index in [9.17, 15) is 32.3 Å². The molecule has 6 heterocycles. The number of para-hydroxylation sites is 1. The van der Waals surface area contributed by atoms with E-state index in [0.717, 1.165) is 86.3 Å². The zero-order valence-electron chi connectivity index (χ0n) is 30.8. The molecule has 5 aromatic rings. The maximum atomic E-state index is 13.5. The number of imide groups is 1. The van der Waals surface area contributed by atoms with E-state index in [-0.39, 0.29) is 29.8 Å². The van der Waals surface area contributed by atoms with Gasteiger partial charge in [0.2, 0.25) is 11.8 Å². The highest BCUT2D eigenvalue weighted by molar-refractivity contribution is 6.04. The standard InChI is InChI=1S/C40H42F3N9O4/c1-48-36-31(5-3-6-32(36)52(39(48)56)33-16-17-35(53)46-38(33)55)49-21-27-13-14-28(22-49)50(27)19-23-8-11-26(12-9-23)51-20-24-18-25(10-15-29(24)47-51)44-37(54)30-4-2-7-34(45-30)40(41,42)43/h2-7,10,15,18,20,23,26-28,33H,8-9,11-14,16-17,19,21-22H2,1H3,(H,44,54)(H,46,53,55)/t23-,26-,27?,28?,33?. The highest BCUT2D eigenvalue weighted by Gasteiger charge is 2.42. The van der Waals surface area contributed by atoms with Gasteiger partial charge in [-0.15, -0.1) is 0 Å². The minimum absolute atomic E-state index is 0.201. The molecule has 2 bridgehead atoms. The molecule has 9 rings (SSSR count). The van der Waals surface area contributed by atoms with E-state index in [0.29, 0.717) is 35.6 Å². The molecule has 1 aliphatic carbocycles. The van der Waals surface area contributed by atoms with Crippen LogP contribution in [-0.2, 0) is 22.8 Å². The van der Waals surface area contributed by atoms with Crippen LogP contribution in [0.2, 0.25) is 0 Å². The maximum Gasteiger partial charge on any atom is 0.433 e. The molecule has 1 saturated carbocycles. The van der Waals surface area contributed by atoms with E-state index in [1.807, 2.05) is 23.0 Å². The average molecular weight is 770 g/mol. The summed E-state index contributed by atoms with van der Waals surface area (Å²) >= 11 is 0. The Bertz CT molecular complexity index is 2410. The van der Waals surface area contributed by atoms with Crippen LogP contribution in [0.1, 0.15) is 79.6 Å². The number of aromatic nitrogens is 5. The second kappa shape index (κ2) is 13.9. The number of carbonyl (C=O) groups is 3. The minimum atomic E-state index is -4.64. The number of hydrogen-bond donors (Lipinski definition) is 2. The number of fused-ring (bicyclic) bond motifs is 4. The molecule has 4 aliphatic rings. The van der Waals surface area contributed by atoms with Crippen LogP contribution in [0.25, 0.3) is 21.9 Å². The SMILES string of the molecule is Cn1c(=O)n(C2CCC(=O)NC2=O)c2cccc(N3CC4CCC(C3)N4C[C@H]3CC[C@H](n4cc5cc(NC(=O)c6cccc(C(F)(F)F)n6)ccc5n4)CC3)c21. The summed E-state index contributed by atoms with van der Waals surface area (Å²) in [6.07, 6.45) is 4.26. The van der Waals surface area contributed by atoms with Crippen LogP contribution in [0.3, 0.4) is 0 Å². The summed E-state index contributed by atoms with van der Waals surface area (Å²) in [5, 5.41) is 10.7. The Balaban J connectivity index is 0.828. The third kappa shape index (κ3) is 6.52. The van der Waals surface area contributed by atoms with Gasteiger partial charge in [-0.2, -0.15) is 18.3 Å². The number of aryl methyl sites for hydroxylation is 1. The summed E-state index contributed by atoms with van der Waals surface area (Å²) < 4.78 is 44.5. The largest absolute Gasteiger partial charge is 0.433 e. The lowest BCUT2D eigenvalue weighted by molar-refractivity contribution is -0.141. The number of imidazole rings is 1. The monoisotopic (exact) mass is 769 g/mol. The van der Waals surface area contributed by atoms with Crippen molar-refractivity contribution in [1.29, 1.82) is 0 Å². The fourth-order valence-corrected chi connectivity index (χ4v) is 9.50. The van der Waals surface area contributed by atoms with Crippen molar-refractivity contribution in [3.63, 3.8) is 0 Å². The molecule has 16 heteroatoms. The van der Waals surface area contributed by atoms with E-state index in [2.05, 4.69) is 31.5 Å². The van der Waals surface area contributed by atoms with Gasteiger partial charge >= 0.3 is 11.9 Å². The molecule has 0 spiro atoms. The van der Waals surface area contributed by atoms with E-state index < -0.39 is 29.7 Å². The summed E-state index contributed by atoms with van der Waals surface area (Å²) in [5.74, 6) is -0.891. The van der Waals surface area contributed by atoms with Crippen molar-refractivity contribution in [2.24, 2.45) is 13.0 Å². The van der Waals surface area contributed by atoms with Gasteiger partial charge in [0.25, 0.3) is 5.91 Å². The maximum absolute atomic E-state index is 13.5. The van der Waals surface area contributed by atoms with Gasteiger partial charge in [-0.25, -0.2) is 9.78 Å². The van der Waals surface area contributed by atoms with Crippen LogP contribution in [0, 0.1) is 5.92 Å². The van der Waals surface area contributed by atoms with E-state index in [4.69, 9.17) is 5.10 Å². The highest BCUT2D eigenvalue weighted by atomic mass is 19.4. The molecule has 3 saturated heterocycles. The Kier molecular flexibility index (Phi) is 8.97. The number of piperidine rings is 1.